The number of nitrogens with one attached hydrogen (secondary N) is 1. The van der Waals surface area contributed by atoms with Gasteiger partial charge in [0.25, 0.3) is 5.91 Å². The summed E-state index contributed by atoms with van der Waals surface area (Å²) in [7, 11) is -3.76. The molecule has 3 N–H and O–H groups in total. The minimum atomic E-state index is -3.76. The van der Waals surface area contributed by atoms with Gasteiger partial charge in [0.15, 0.2) is 0 Å². The van der Waals surface area contributed by atoms with Crippen LogP contribution in [-0.2, 0) is 16.4 Å². The van der Waals surface area contributed by atoms with Crippen molar-refractivity contribution in [1.29, 1.82) is 0 Å². The Morgan fingerprint density at radius 1 is 1.42 bits per heavy atom. The van der Waals surface area contributed by atoms with E-state index >= 15 is 0 Å². The Labute approximate surface area is 145 Å². The van der Waals surface area contributed by atoms with E-state index in [1.54, 1.807) is 0 Å². The van der Waals surface area contributed by atoms with Gasteiger partial charge in [-0.25, -0.2) is 13.6 Å². The van der Waals surface area contributed by atoms with E-state index in [1.165, 1.54) is 22.7 Å². The first-order chi connectivity index (χ1) is 11.4. The molecule has 0 saturated carbocycles. The second-order valence-electron chi connectivity index (χ2n) is 5.83. The fourth-order valence-electron chi connectivity index (χ4n) is 2.95. The van der Waals surface area contributed by atoms with Gasteiger partial charge in [-0.05, 0) is 31.0 Å². The molecule has 0 unspecified atom stereocenters. The number of hydrogen-bond donors (Lipinski definition) is 2. The van der Waals surface area contributed by atoms with Crippen molar-refractivity contribution in [3.63, 3.8) is 0 Å². The Morgan fingerprint density at radius 3 is 2.88 bits per heavy atom. The van der Waals surface area contributed by atoms with Gasteiger partial charge in [0.2, 0.25) is 10.0 Å². The third-order valence-electron chi connectivity index (χ3n) is 4.10. The summed E-state index contributed by atoms with van der Waals surface area (Å²) in [6.07, 6.45) is 1.01. The molecule has 2 aromatic rings. The maximum Gasteiger partial charge on any atom is 0.252 e. The summed E-state index contributed by atoms with van der Waals surface area (Å²) >= 11 is 0.950. The summed E-state index contributed by atoms with van der Waals surface area (Å²) in [6, 6.07) is 9.99. The Balaban J connectivity index is 1.59. The van der Waals surface area contributed by atoms with Gasteiger partial charge in [-0.15, -0.1) is 11.3 Å². The van der Waals surface area contributed by atoms with Crippen molar-refractivity contribution in [2.24, 2.45) is 5.14 Å². The summed E-state index contributed by atoms with van der Waals surface area (Å²) in [5.74, 6) is -0.290. The topological polar surface area (TPSA) is 92.5 Å². The largest absolute Gasteiger partial charge is 0.367 e. The zero-order chi connectivity index (χ0) is 17.3. The first-order valence-corrected chi connectivity index (χ1v) is 10.0. The third-order valence-corrected chi connectivity index (χ3v) is 6.49. The Bertz CT molecular complexity index is 861. The SMILES string of the molecule is C[C@H]1Cc2ccccc2N1CCNC(=O)c1csc(S(N)(=O)=O)c1. The van der Waals surface area contributed by atoms with Gasteiger partial charge >= 0.3 is 0 Å². The number of sulfonamides is 1. The molecular formula is C16H19N3O3S2. The molecule has 6 nitrogen and oxygen atoms in total. The number of fused-ring (bicyclic) bond motifs is 1. The lowest BCUT2D eigenvalue weighted by Crippen LogP contribution is -2.37. The van der Waals surface area contributed by atoms with E-state index in [-0.39, 0.29) is 10.1 Å². The van der Waals surface area contributed by atoms with Crippen LogP contribution in [0.2, 0.25) is 0 Å². The van der Waals surface area contributed by atoms with Gasteiger partial charge in [-0.3, -0.25) is 4.79 Å². The summed E-state index contributed by atoms with van der Waals surface area (Å²) in [6.45, 7) is 3.35. The van der Waals surface area contributed by atoms with Gasteiger partial charge in [-0.1, -0.05) is 18.2 Å². The van der Waals surface area contributed by atoms with Crippen LogP contribution in [0.5, 0.6) is 0 Å². The van der Waals surface area contributed by atoms with Gasteiger partial charge in [0, 0.05) is 30.2 Å². The summed E-state index contributed by atoms with van der Waals surface area (Å²) in [5, 5.41) is 9.39. The third kappa shape index (κ3) is 3.45. The maximum absolute atomic E-state index is 12.1. The quantitative estimate of drug-likeness (QED) is 0.841. The Hall–Kier alpha value is -1.90. The summed E-state index contributed by atoms with van der Waals surface area (Å²) < 4.78 is 22.5. The Morgan fingerprint density at radius 2 is 2.17 bits per heavy atom. The van der Waals surface area contributed by atoms with Crippen molar-refractivity contribution in [3.8, 4) is 0 Å². The molecule has 0 bridgehead atoms. The molecule has 1 amide bonds. The molecule has 1 atom stereocenters. The second-order valence-corrected chi connectivity index (χ2v) is 8.53. The fourth-order valence-corrected chi connectivity index (χ4v) is 4.53. The lowest BCUT2D eigenvalue weighted by molar-refractivity contribution is 0.0955. The minimum Gasteiger partial charge on any atom is -0.367 e. The Kier molecular flexibility index (Phi) is 4.62. The van der Waals surface area contributed by atoms with E-state index in [4.69, 9.17) is 5.14 Å². The molecule has 0 spiro atoms. The highest BCUT2D eigenvalue weighted by atomic mass is 32.2. The van der Waals surface area contributed by atoms with Gasteiger partial charge in [0.05, 0.1) is 5.56 Å². The normalized spacial score (nSPS) is 16.9. The number of amides is 1. The van der Waals surface area contributed by atoms with Crippen molar-refractivity contribution in [2.45, 2.75) is 23.6 Å². The number of anilines is 1. The number of hydrogen-bond acceptors (Lipinski definition) is 5. The molecule has 0 radical (unpaired) electrons. The summed E-state index contributed by atoms with van der Waals surface area (Å²) in [5.41, 5.74) is 2.86. The lowest BCUT2D eigenvalue weighted by atomic mass is 10.1. The van der Waals surface area contributed by atoms with Crippen molar-refractivity contribution in [3.05, 3.63) is 46.8 Å². The first kappa shape index (κ1) is 16.9. The number of para-hydroxylation sites is 1. The molecule has 24 heavy (non-hydrogen) atoms. The molecule has 0 saturated heterocycles. The average molecular weight is 365 g/mol. The van der Waals surface area contributed by atoms with Crippen LogP contribution in [0.4, 0.5) is 5.69 Å². The number of thiophene rings is 1. The number of carbonyl (C=O) groups excluding carboxylic acids is 1. The number of carbonyl (C=O) groups is 1. The molecular weight excluding hydrogens is 346 g/mol. The maximum atomic E-state index is 12.1. The molecule has 1 aliphatic rings. The highest BCUT2D eigenvalue weighted by Gasteiger charge is 2.25. The van der Waals surface area contributed by atoms with Crippen LogP contribution in [-0.4, -0.2) is 33.5 Å². The highest BCUT2D eigenvalue weighted by molar-refractivity contribution is 7.91. The smallest absolute Gasteiger partial charge is 0.252 e. The molecule has 0 aliphatic carbocycles. The van der Waals surface area contributed by atoms with E-state index < -0.39 is 10.0 Å². The van der Waals surface area contributed by atoms with Gasteiger partial charge < -0.3 is 10.2 Å². The van der Waals surface area contributed by atoms with E-state index in [0.717, 1.165) is 17.8 Å². The number of rotatable bonds is 5. The molecule has 128 valence electrons. The van der Waals surface area contributed by atoms with E-state index in [9.17, 15) is 13.2 Å². The number of nitrogens with two attached hydrogens (primary N) is 1. The fraction of sp³-hybridized carbons (Fsp3) is 0.312. The van der Waals surface area contributed by atoms with Gasteiger partial charge in [-0.2, -0.15) is 0 Å². The van der Waals surface area contributed by atoms with E-state index in [0.29, 0.717) is 24.7 Å². The first-order valence-electron chi connectivity index (χ1n) is 7.60. The number of benzene rings is 1. The molecule has 1 aromatic carbocycles. The van der Waals surface area contributed by atoms with E-state index in [1.807, 2.05) is 12.1 Å². The van der Waals surface area contributed by atoms with E-state index in [2.05, 4.69) is 29.3 Å². The van der Waals surface area contributed by atoms with Crippen LogP contribution in [0, 0.1) is 0 Å². The molecule has 3 rings (SSSR count). The standard InChI is InChI=1S/C16H19N3O3S2/c1-11-8-12-4-2-3-5-14(12)19(11)7-6-18-16(20)13-9-15(23-10-13)24(17,21)22/h2-5,9-11H,6-8H2,1H3,(H,18,20)(H2,17,21,22)/t11-/m0/s1. The van der Waals surface area contributed by atoms with Crippen LogP contribution in [0.15, 0.2) is 39.9 Å². The van der Waals surface area contributed by atoms with Crippen LogP contribution in [0.3, 0.4) is 0 Å². The van der Waals surface area contributed by atoms with Crippen molar-refractivity contribution >= 4 is 33.0 Å². The van der Waals surface area contributed by atoms with Gasteiger partial charge in [0.1, 0.15) is 4.21 Å². The van der Waals surface area contributed by atoms with Crippen LogP contribution >= 0.6 is 11.3 Å². The molecule has 8 heteroatoms. The van der Waals surface area contributed by atoms with Crippen molar-refractivity contribution < 1.29 is 13.2 Å². The number of primary sulfonamides is 1. The predicted molar refractivity (Wildman–Crippen MR) is 95.0 cm³/mol. The zero-order valence-corrected chi connectivity index (χ0v) is 14.9. The molecule has 0 fully saturated rings. The van der Waals surface area contributed by atoms with Crippen LogP contribution in [0.1, 0.15) is 22.8 Å². The summed E-state index contributed by atoms with van der Waals surface area (Å²) in [4.78, 5) is 14.4. The predicted octanol–water partition coefficient (Wildman–Crippen LogP) is 1.58. The molecule has 2 heterocycles. The number of nitrogens with zero attached hydrogens (tertiary/aromatic N) is 1. The van der Waals surface area contributed by atoms with Crippen LogP contribution < -0.4 is 15.4 Å². The lowest BCUT2D eigenvalue weighted by Gasteiger charge is -2.24. The average Bonchev–Trinajstić information content (AvgIpc) is 3.12. The van der Waals surface area contributed by atoms with Crippen molar-refractivity contribution in [2.75, 3.05) is 18.0 Å². The highest BCUT2D eigenvalue weighted by Crippen LogP contribution is 2.31. The van der Waals surface area contributed by atoms with Crippen molar-refractivity contribution in [1.82, 2.24) is 5.32 Å². The van der Waals surface area contributed by atoms with Crippen LogP contribution in [0.25, 0.3) is 0 Å². The molecule has 1 aromatic heterocycles. The second kappa shape index (κ2) is 6.54. The monoisotopic (exact) mass is 365 g/mol. The molecule has 1 aliphatic heterocycles. The minimum absolute atomic E-state index is 0.00487. The zero-order valence-electron chi connectivity index (χ0n) is 13.2.